The molecule has 0 spiro atoms. The van der Waals surface area contributed by atoms with Crippen LogP contribution in [0.25, 0.3) is 0 Å². The maximum Gasteiger partial charge on any atom is 0.187 e. The highest BCUT2D eigenvalue weighted by Gasteiger charge is 2.55. The number of hydrogen-bond acceptors (Lipinski definition) is 17. The number of methoxy groups -OCH3 is 2. The average Bonchev–Trinajstić information content (AvgIpc) is 3.04. The van der Waals surface area contributed by atoms with Gasteiger partial charge in [0.15, 0.2) is 12.6 Å². The normalized spacial score (nSPS) is 53.5. The third-order valence-electron chi connectivity index (χ3n) is 10.4. The largest absolute Gasteiger partial charge is 0.394 e. The number of hydrogen-bond donors (Lipinski definition) is 10. The lowest BCUT2D eigenvalue weighted by atomic mass is 9.72. The van der Waals surface area contributed by atoms with E-state index in [-0.39, 0.29) is 25.2 Å². The molecule has 0 amide bonds. The van der Waals surface area contributed by atoms with Gasteiger partial charge in [-0.1, -0.05) is 0 Å². The van der Waals surface area contributed by atoms with Crippen LogP contribution in [0.2, 0.25) is 0 Å². The minimum atomic E-state index is -1.83. The Morgan fingerprint density at radius 1 is 0.565 bits per heavy atom. The van der Waals surface area contributed by atoms with Gasteiger partial charge in [0.2, 0.25) is 0 Å². The number of rotatable bonds is 9. The van der Waals surface area contributed by atoms with E-state index in [1.54, 1.807) is 0 Å². The Balaban J connectivity index is 1.38. The second-order valence-corrected chi connectivity index (χ2v) is 13.2. The summed E-state index contributed by atoms with van der Waals surface area (Å²) in [7, 11) is 2.95. The lowest BCUT2D eigenvalue weighted by Crippen LogP contribution is -2.65. The molecule has 46 heavy (non-hydrogen) atoms. The van der Waals surface area contributed by atoms with Crippen molar-refractivity contribution in [2.24, 2.45) is 11.8 Å². The highest BCUT2D eigenvalue weighted by molar-refractivity contribution is 5.01. The fourth-order valence-electron chi connectivity index (χ4n) is 7.73. The molecular weight excluding hydrogens is 620 g/mol. The van der Waals surface area contributed by atoms with Crippen molar-refractivity contribution in [1.82, 2.24) is 0 Å². The summed E-state index contributed by atoms with van der Waals surface area (Å²) in [5, 5.41) is 105. The van der Waals surface area contributed by atoms with Gasteiger partial charge >= 0.3 is 0 Å². The molecule has 0 aromatic rings. The molecule has 3 heterocycles. The summed E-state index contributed by atoms with van der Waals surface area (Å²) in [6, 6.07) is 0. The van der Waals surface area contributed by atoms with Crippen LogP contribution in [0.15, 0.2) is 0 Å². The van der Waals surface area contributed by atoms with Gasteiger partial charge in [0.1, 0.15) is 54.9 Å². The summed E-state index contributed by atoms with van der Waals surface area (Å²) in [5.74, 6) is -0.738. The van der Waals surface area contributed by atoms with E-state index >= 15 is 0 Å². The highest BCUT2D eigenvalue weighted by atomic mass is 16.7. The fraction of sp³-hybridized carbons (Fsp3) is 1.00. The quantitative estimate of drug-likeness (QED) is 0.110. The molecule has 18 atom stereocenters. The third kappa shape index (κ3) is 7.27. The number of aliphatic hydroxyl groups excluding tert-OH is 10. The zero-order valence-electron chi connectivity index (χ0n) is 25.8. The Bertz CT molecular complexity index is 947. The summed E-state index contributed by atoms with van der Waals surface area (Å²) in [6.45, 7) is -1.45. The predicted octanol–water partition coefficient (Wildman–Crippen LogP) is -4.91. The molecule has 268 valence electrons. The Morgan fingerprint density at radius 3 is 1.74 bits per heavy atom. The van der Waals surface area contributed by atoms with Gasteiger partial charge < -0.3 is 84.2 Å². The standard InChI is InChI=1S/C29H50O17/c1-40-15-3-10(4-16(41-2)20(15)34)26-17(7-12-13(33)5-11(32)6-14(12)42-26)43-29-25(39)27(22(36)19(9-31)45-29)46-28-24(38)23(37)21(35)18(8-30)44-28/h10-39H,3-9H2,1-2H3/t10?,11?,12?,13?,14?,15?,16?,17?,18-,19-,20?,21-,22-,23+,24-,25-,26?,27+,28+,29-/m1/s1. The summed E-state index contributed by atoms with van der Waals surface area (Å²) >= 11 is 0. The summed E-state index contributed by atoms with van der Waals surface area (Å²) in [5.41, 5.74) is 0. The molecule has 2 aliphatic carbocycles. The zero-order chi connectivity index (χ0) is 33.4. The molecule has 17 heteroatoms. The van der Waals surface area contributed by atoms with Crippen LogP contribution in [0.1, 0.15) is 32.1 Å². The topological polar surface area (TPSA) is 267 Å². The zero-order valence-corrected chi connectivity index (χ0v) is 25.8. The molecule has 3 saturated heterocycles. The average molecular weight is 671 g/mol. The monoisotopic (exact) mass is 670 g/mol. The molecule has 0 aromatic heterocycles. The Hall–Kier alpha value is -0.680. The maximum absolute atomic E-state index is 11.4. The molecule has 17 nitrogen and oxygen atoms in total. The SMILES string of the molecule is COC1CC(C2OC3CC(O)CC(O)C3CC2O[C@@H]2O[C@H](CO)[C@@H](O)[C@H](O[C@@H]3O[C@H](CO)[C@@H](O)[C@H](O)[C@H]3O)[C@H]2O)CC(OC)C1O. The molecule has 0 aromatic carbocycles. The second kappa shape index (κ2) is 15.5. The van der Waals surface area contributed by atoms with E-state index in [2.05, 4.69) is 0 Å². The smallest absolute Gasteiger partial charge is 0.187 e. The molecule has 5 aliphatic rings. The first-order valence-electron chi connectivity index (χ1n) is 15.9. The maximum atomic E-state index is 11.4. The van der Waals surface area contributed by atoms with E-state index in [9.17, 15) is 51.1 Å². The van der Waals surface area contributed by atoms with Gasteiger partial charge in [-0.15, -0.1) is 0 Å². The summed E-state index contributed by atoms with van der Waals surface area (Å²) in [4.78, 5) is 0. The van der Waals surface area contributed by atoms with E-state index < -0.39 is 129 Å². The Kier molecular flexibility index (Phi) is 12.3. The first-order chi connectivity index (χ1) is 21.9. The van der Waals surface area contributed by atoms with E-state index in [1.807, 2.05) is 0 Å². The first kappa shape index (κ1) is 36.6. The fourth-order valence-corrected chi connectivity index (χ4v) is 7.73. The van der Waals surface area contributed by atoms with Crippen LogP contribution in [0, 0.1) is 11.8 Å². The first-order valence-corrected chi connectivity index (χ1v) is 15.9. The molecule has 3 aliphatic heterocycles. The van der Waals surface area contributed by atoms with Crippen molar-refractivity contribution >= 4 is 0 Å². The molecule has 8 unspecified atom stereocenters. The van der Waals surface area contributed by atoms with Gasteiger partial charge in [-0.3, -0.25) is 0 Å². The van der Waals surface area contributed by atoms with Crippen LogP contribution < -0.4 is 0 Å². The van der Waals surface area contributed by atoms with Gasteiger partial charge in [-0.05, 0) is 38.0 Å². The lowest BCUT2D eigenvalue weighted by molar-refractivity contribution is -0.370. The van der Waals surface area contributed by atoms with Crippen molar-refractivity contribution in [2.45, 2.75) is 142 Å². The van der Waals surface area contributed by atoms with Crippen molar-refractivity contribution in [3.05, 3.63) is 0 Å². The highest BCUT2D eigenvalue weighted by Crippen LogP contribution is 2.44. The summed E-state index contributed by atoms with van der Waals surface area (Å²) in [6.07, 6.45) is -20.6. The molecule has 5 rings (SSSR count). The Labute approximate surface area is 266 Å². The van der Waals surface area contributed by atoms with Gasteiger partial charge in [0, 0.05) is 20.1 Å². The number of ether oxygens (including phenoxy) is 7. The van der Waals surface area contributed by atoms with E-state index in [0.717, 1.165) is 0 Å². The second-order valence-electron chi connectivity index (χ2n) is 13.2. The third-order valence-corrected chi connectivity index (χ3v) is 10.4. The number of aliphatic hydroxyl groups is 10. The molecule has 2 saturated carbocycles. The van der Waals surface area contributed by atoms with Crippen molar-refractivity contribution in [1.29, 1.82) is 0 Å². The van der Waals surface area contributed by atoms with Crippen molar-refractivity contribution < 1.29 is 84.2 Å². The molecule has 10 N–H and O–H groups in total. The minimum absolute atomic E-state index is 0.144. The molecule has 0 radical (unpaired) electrons. The van der Waals surface area contributed by atoms with E-state index in [4.69, 9.17) is 33.2 Å². The van der Waals surface area contributed by atoms with E-state index in [1.165, 1.54) is 14.2 Å². The van der Waals surface area contributed by atoms with E-state index in [0.29, 0.717) is 12.8 Å². The van der Waals surface area contributed by atoms with Crippen LogP contribution in [0.3, 0.4) is 0 Å². The summed E-state index contributed by atoms with van der Waals surface area (Å²) < 4.78 is 40.9. The van der Waals surface area contributed by atoms with Gasteiger partial charge in [0.05, 0.1) is 55.9 Å². The van der Waals surface area contributed by atoms with Crippen LogP contribution in [0.5, 0.6) is 0 Å². The van der Waals surface area contributed by atoms with Gasteiger partial charge in [-0.2, -0.15) is 0 Å². The van der Waals surface area contributed by atoms with Crippen LogP contribution in [-0.4, -0.2) is 189 Å². The lowest BCUT2D eigenvalue weighted by Gasteiger charge is -2.52. The number of fused-ring (bicyclic) bond motifs is 1. The predicted molar refractivity (Wildman–Crippen MR) is 150 cm³/mol. The van der Waals surface area contributed by atoms with Crippen LogP contribution >= 0.6 is 0 Å². The molecule has 5 fully saturated rings. The van der Waals surface area contributed by atoms with Crippen molar-refractivity contribution in [3.8, 4) is 0 Å². The van der Waals surface area contributed by atoms with Crippen molar-refractivity contribution in [3.63, 3.8) is 0 Å². The minimum Gasteiger partial charge on any atom is -0.394 e. The molecule has 0 bridgehead atoms. The van der Waals surface area contributed by atoms with Crippen molar-refractivity contribution in [2.75, 3.05) is 27.4 Å². The van der Waals surface area contributed by atoms with Crippen LogP contribution in [-0.2, 0) is 33.2 Å². The Morgan fingerprint density at radius 2 is 1.15 bits per heavy atom. The van der Waals surface area contributed by atoms with Gasteiger partial charge in [-0.25, -0.2) is 0 Å². The van der Waals surface area contributed by atoms with Gasteiger partial charge in [0.25, 0.3) is 0 Å². The van der Waals surface area contributed by atoms with Crippen LogP contribution in [0.4, 0.5) is 0 Å². The molecular formula is C29H50O17.